The quantitative estimate of drug-likeness (QED) is 0.0466. The SMILES string of the molecule is COC(CCCCCCCCCCCCCCCC(CCCCCC(C)O[C@@H]1O[C@H](CO)[C@@H](O)[C@H](O)[C@H]1OC)O[C@@H]1O[C@H](CO)[C@@H](O)[C@H](O)[C@H]1OC)CC(=O)O. The van der Waals surface area contributed by atoms with Gasteiger partial charge in [0.1, 0.15) is 48.8 Å². The Morgan fingerprint density at radius 3 is 1.27 bits per heavy atom. The molecule has 15 nitrogen and oxygen atoms in total. The maximum Gasteiger partial charge on any atom is 0.305 e. The molecule has 2 aliphatic heterocycles. The molecule has 56 heavy (non-hydrogen) atoms. The summed E-state index contributed by atoms with van der Waals surface area (Å²) in [5, 5.41) is 69.8. The second-order valence-electron chi connectivity index (χ2n) is 15.8. The molecule has 2 saturated heterocycles. The van der Waals surface area contributed by atoms with Crippen LogP contribution in [0.4, 0.5) is 0 Å². The van der Waals surface area contributed by atoms with Crippen molar-refractivity contribution in [1.29, 1.82) is 0 Å². The van der Waals surface area contributed by atoms with Crippen LogP contribution in [0.5, 0.6) is 0 Å². The van der Waals surface area contributed by atoms with Gasteiger partial charge in [-0.15, -0.1) is 0 Å². The largest absolute Gasteiger partial charge is 0.481 e. The number of carbonyl (C=O) groups is 1. The molecule has 0 saturated carbocycles. The molecule has 2 rings (SSSR count). The highest BCUT2D eigenvalue weighted by Crippen LogP contribution is 2.29. The van der Waals surface area contributed by atoms with Crippen molar-refractivity contribution in [1.82, 2.24) is 0 Å². The number of aliphatic carboxylic acids is 1. The summed E-state index contributed by atoms with van der Waals surface area (Å²) < 4.78 is 40.0. The van der Waals surface area contributed by atoms with Crippen molar-refractivity contribution < 1.29 is 73.7 Å². The molecule has 7 N–H and O–H groups in total. The van der Waals surface area contributed by atoms with Crippen molar-refractivity contribution in [2.75, 3.05) is 34.5 Å². The molecule has 0 aliphatic carbocycles. The van der Waals surface area contributed by atoms with Gasteiger partial charge in [-0.2, -0.15) is 0 Å². The van der Waals surface area contributed by atoms with Crippen LogP contribution in [0.3, 0.4) is 0 Å². The Bertz CT molecular complexity index is 977. The average molecular weight is 811 g/mol. The molecule has 0 aromatic carbocycles. The molecular weight excluding hydrogens is 732 g/mol. The van der Waals surface area contributed by atoms with Crippen LogP contribution in [-0.2, 0) is 38.0 Å². The van der Waals surface area contributed by atoms with E-state index in [9.17, 15) is 35.4 Å². The van der Waals surface area contributed by atoms with Crippen LogP contribution in [0.25, 0.3) is 0 Å². The van der Waals surface area contributed by atoms with Crippen LogP contribution < -0.4 is 0 Å². The molecular formula is C41H78O15. The molecule has 2 heterocycles. The van der Waals surface area contributed by atoms with E-state index in [0.717, 1.165) is 77.0 Å². The molecule has 2 fully saturated rings. The smallest absolute Gasteiger partial charge is 0.305 e. The molecule has 0 amide bonds. The lowest BCUT2D eigenvalue weighted by molar-refractivity contribution is -0.316. The van der Waals surface area contributed by atoms with E-state index in [2.05, 4.69) is 0 Å². The monoisotopic (exact) mass is 811 g/mol. The van der Waals surface area contributed by atoms with Gasteiger partial charge < -0.3 is 68.9 Å². The number of aliphatic hydroxyl groups is 6. The van der Waals surface area contributed by atoms with Crippen molar-refractivity contribution in [2.45, 2.75) is 221 Å². The Labute approximate surface area is 335 Å². The van der Waals surface area contributed by atoms with E-state index in [1.807, 2.05) is 6.92 Å². The first kappa shape index (κ1) is 51.1. The lowest BCUT2D eigenvalue weighted by Gasteiger charge is -2.42. The molecule has 0 aromatic heterocycles. The van der Waals surface area contributed by atoms with Crippen molar-refractivity contribution in [3.63, 3.8) is 0 Å². The maximum atomic E-state index is 10.9. The van der Waals surface area contributed by atoms with Crippen molar-refractivity contribution >= 4 is 5.97 Å². The Morgan fingerprint density at radius 1 is 0.536 bits per heavy atom. The predicted molar refractivity (Wildman–Crippen MR) is 208 cm³/mol. The third-order valence-electron chi connectivity index (χ3n) is 11.3. The van der Waals surface area contributed by atoms with Crippen LogP contribution in [-0.4, -0.2) is 156 Å². The molecule has 0 aromatic rings. The summed E-state index contributed by atoms with van der Waals surface area (Å²) in [5.41, 5.74) is 0. The second-order valence-corrected chi connectivity index (χ2v) is 15.8. The first-order valence-corrected chi connectivity index (χ1v) is 21.4. The Balaban J connectivity index is 1.70. The van der Waals surface area contributed by atoms with Crippen molar-refractivity contribution in [3.05, 3.63) is 0 Å². The van der Waals surface area contributed by atoms with Crippen LogP contribution in [0.2, 0.25) is 0 Å². The third kappa shape index (κ3) is 18.9. The predicted octanol–water partition coefficient (Wildman–Crippen LogP) is 3.98. The lowest BCUT2D eigenvalue weighted by atomic mass is 9.98. The number of hydrogen-bond acceptors (Lipinski definition) is 14. The summed E-state index contributed by atoms with van der Waals surface area (Å²) in [6.07, 6.45) is 9.74. The molecule has 0 radical (unpaired) electrons. The number of ether oxygens (including phenoxy) is 7. The van der Waals surface area contributed by atoms with E-state index >= 15 is 0 Å². The average Bonchev–Trinajstić information content (AvgIpc) is 3.18. The fourth-order valence-corrected chi connectivity index (χ4v) is 7.77. The zero-order valence-electron chi connectivity index (χ0n) is 34.7. The molecule has 0 bridgehead atoms. The Morgan fingerprint density at radius 2 is 0.893 bits per heavy atom. The standard InChI is InChI=1S/C41H78O15/c1-28(53-40-38(51-3)36(48)34(46)31(26-42)55-40)21-17-16-20-23-29(54-41-39(52-4)37(49)35(47)32(27-43)56-41)22-18-14-12-10-8-6-5-7-9-11-13-15-19-24-30(50-2)25-33(44)45/h28-32,34-43,46-49H,5-27H2,1-4H3,(H,44,45)/t28?,29?,30?,31-,32-,34-,35-,36+,37+,38-,39-,40-,41-/m1/s1. The summed E-state index contributed by atoms with van der Waals surface area (Å²) in [4.78, 5) is 10.9. The van der Waals surface area contributed by atoms with Gasteiger partial charge in [0, 0.05) is 21.3 Å². The number of carboxylic acids is 1. The molecule has 3 unspecified atom stereocenters. The van der Waals surface area contributed by atoms with Gasteiger partial charge in [-0.1, -0.05) is 103 Å². The fourth-order valence-electron chi connectivity index (χ4n) is 7.77. The van der Waals surface area contributed by atoms with Crippen LogP contribution in [0, 0.1) is 0 Å². The van der Waals surface area contributed by atoms with Crippen molar-refractivity contribution in [2.24, 2.45) is 0 Å². The number of hydrogen-bond donors (Lipinski definition) is 7. The van der Waals surface area contributed by atoms with Crippen molar-refractivity contribution in [3.8, 4) is 0 Å². The second kappa shape index (κ2) is 30.0. The molecule has 332 valence electrons. The Hall–Kier alpha value is -1.05. The topological polar surface area (TPSA) is 223 Å². The highest BCUT2D eigenvalue weighted by Gasteiger charge is 2.47. The van der Waals surface area contributed by atoms with E-state index in [1.54, 1.807) is 7.11 Å². The minimum absolute atomic E-state index is 0.0746. The van der Waals surface area contributed by atoms with Gasteiger partial charge in [0.15, 0.2) is 12.6 Å². The van der Waals surface area contributed by atoms with Crippen LogP contribution >= 0.6 is 0 Å². The molecule has 0 spiro atoms. The zero-order chi connectivity index (χ0) is 41.3. The number of carboxylic acid groups (broad SMARTS) is 1. The van der Waals surface area contributed by atoms with Gasteiger partial charge in [0.25, 0.3) is 0 Å². The highest BCUT2D eigenvalue weighted by atomic mass is 16.7. The maximum absolute atomic E-state index is 10.9. The minimum Gasteiger partial charge on any atom is -0.481 e. The van der Waals surface area contributed by atoms with E-state index in [-0.39, 0.29) is 24.7 Å². The summed E-state index contributed by atoms with van der Waals surface area (Å²) >= 11 is 0. The minimum atomic E-state index is -1.29. The van der Waals surface area contributed by atoms with E-state index in [0.29, 0.717) is 0 Å². The van der Waals surface area contributed by atoms with E-state index in [4.69, 9.17) is 38.3 Å². The molecule has 15 heteroatoms. The van der Waals surface area contributed by atoms with E-state index in [1.165, 1.54) is 65.6 Å². The zero-order valence-corrected chi connectivity index (χ0v) is 34.7. The summed E-state index contributed by atoms with van der Waals surface area (Å²) in [6, 6.07) is 0. The number of methoxy groups -OCH3 is 3. The number of aliphatic hydroxyl groups excluding tert-OH is 6. The van der Waals surface area contributed by atoms with Gasteiger partial charge in [-0.25, -0.2) is 0 Å². The summed E-state index contributed by atoms with van der Waals surface area (Å²) in [6.45, 7) is 1.00. The molecule has 2 aliphatic rings. The van der Waals surface area contributed by atoms with Gasteiger partial charge >= 0.3 is 5.97 Å². The first-order valence-electron chi connectivity index (χ1n) is 21.4. The summed E-state index contributed by atoms with van der Waals surface area (Å²) in [5.74, 6) is -0.808. The van der Waals surface area contributed by atoms with Crippen LogP contribution in [0.1, 0.15) is 142 Å². The fraction of sp³-hybridized carbons (Fsp3) is 0.976. The number of unbranched alkanes of at least 4 members (excludes halogenated alkanes) is 14. The van der Waals surface area contributed by atoms with Gasteiger partial charge in [0.05, 0.1) is 37.9 Å². The lowest BCUT2D eigenvalue weighted by Crippen LogP contribution is -2.60. The first-order chi connectivity index (χ1) is 27.0. The third-order valence-corrected chi connectivity index (χ3v) is 11.3. The highest BCUT2D eigenvalue weighted by molar-refractivity contribution is 5.67. The molecule has 13 atom stereocenters. The van der Waals surface area contributed by atoms with Gasteiger partial charge in [-0.3, -0.25) is 4.79 Å². The number of rotatable bonds is 33. The normalized spacial score (nSPS) is 30.0. The Kier molecular flexibility index (Phi) is 27.4. The van der Waals surface area contributed by atoms with Crippen LogP contribution in [0.15, 0.2) is 0 Å². The van der Waals surface area contributed by atoms with Gasteiger partial charge in [-0.05, 0) is 32.6 Å². The van der Waals surface area contributed by atoms with E-state index < -0.39 is 80.6 Å². The van der Waals surface area contributed by atoms with Gasteiger partial charge in [0.2, 0.25) is 0 Å². The summed E-state index contributed by atoms with van der Waals surface area (Å²) in [7, 11) is 4.42.